The quantitative estimate of drug-likeness (QED) is 0.609. The van der Waals surface area contributed by atoms with Gasteiger partial charge in [0.05, 0.1) is 11.4 Å². The van der Waals surface area contributed by atoms with Gasteiger partial charge in [-0.15, -0.1) is 5.10 Å². The number of halogens is 6. The Morgan fingerprint density at radius 1 is 1.07 bits per heavy atom. The molecule has 0 aliphatic carbocycles. The molecule has 1 amide bonds. The Morgan fingerprint density at radius 3 is 2.28 bits per heavy atom. The van der Waals surface area contributed by atoms with Crippen molar-refractivity contribution < 1.29 is 31.1 Å². The average molecular weight is 435 g/mol. The molecule has 1 aromatic carbocycles. The number of aryl methyl sites for hydroxylation is 2. The number of benzene rings is 1. The highest BCUT2D eigenvalue weighted by Crippen LogP contribution is 2.36. The van der Waals surface area contributed by atoms with Gasteiger partial charge in [-0.3, -0.25) is 4.79 Å². The van der Waals surface area contributed by atoms with Crippen molar-refractivity contribution in [1.82, 2.24) is 19.4 Å². The Morgan fingerprint density at radius 2 is 1.76 bits per heavy atom. The molecule has 29 heavy (non-hydrogen) atoms. The smallest absolute Gasteiger partial charge is 0.321 e. The first-order valence-corrected chi connectivity index (χ1v) is 8.61. The zero-order valence-electron chi connectivity index (χ0n) is 14.7. The molecule has 0 fully saturated rings. The molecule has 13 heteroatoms. The van der Waals surface area contributed by atoms with Crippen LogP contribution in [-0.4, -0.2) is 25.3 Å². The van der Waals surface area contributed by atoms with Crippen LogP contribution in [0.2, 0.25) is 0 Å². The predicted molar refractivity (Wildman–Crippen MR) is 90.9 cm³/mol. The van der Waals surface area contributed by atoms with E-state index in [1.54, 1.807) is 6.92 Å². The lowest BCUT2D eigenvalue weighted by atomic mass is 10.1. The third kappa shape index (κ3) is 4.23. The highest BCUT2D eigenvalue weighted by Gasteiger charge is 2.42. The molecule has 0 saturated heterocycles. The molecule has 6 nitrogen and oxygen atoms in total. The summed E-state index contributed by atoms with van der Waals surface area (Å²) < 4.78 is 81.9. The molecular weight excluding hydrogens is 424 g/mol. The second-order valence-corrected chi connectivity index (χ2v) is 6.72. The molecule has 0 aliphatic rings. The van der Waals surface area contributed by atoms with E-state index in [1.165, 1.54) is 19.1 Å². The third-order valence-corrected chi connectivity index (χ3v) is 4.68. The molecule has 1 N–H and O–H groups in total. The maximum atomic E-state index is 13.2. The number of aromatic nitrogens is 4. The molecule has 3 aromatic rings. The van der Waals surface area contributed by atoms with Crippen LogP contribution in [-0.2, 0) is 12.4 Å². The maximum absolute atomic E-state index is 13.2. The van der Waals surface area contributed by atoms with Gasteiger partial charge in [0.15, 0.2) is 5.69 Å². The van der Waals surface area contributed by atoms with Gasteiger partial charge in [-0.2, -0.15) is 31.4 Å². The molecule has 0 saturated carbocycles. The highest BCUT2D eigenvalue weighted by atomic mass is 32.1. The van der Waals surface area contributed by atoms with Crippen LogP contribution in [0.3, 0.4) is 0 Å². The van der Waals surface area contributed by atoms with Gasteiger partial charge >= 0.3 is 12.4 Å². The minimum absolute atomic E-state index is 0.0510. The van der Waals surface area contributed by atoms with Gasteiger partial charge in [0, 0.05) is 11.8 Å². The van der Waals surface area contributed by atoms with Gasteiger partial charge in [-0.25, -0.2) is 4.68 Å². The SMILES string of the molecule is Cc1cc(-n2nc(C(F)(F)F)cc2C(F)(F)F)ccc1NC(=O)c1snnc1C. The molecule has 3 rings (SSSR count). The molecule has 0 radical (unpaired) electrons. The first-order valence-electron chi connectivity index (χ1n) is 7.83. The van der Waals surface area contributed by atoms with E-state index in [2.05, 4.69) is 20.0 Å². The number of alkyl halides is 6. The van der Waals surface area contributed by atoms with E-state index in [4.69, 9.17) is 0 Å². The number of rotatable bonds is 3. The second kappa shape index (κ2) is 7.13. The maximum Gasteiger partial charge on any atom is 0.435 e. The lowest BCUT2D eigenvalue weighted by molar-refractivity contribution is -0.143. The second-order valence-electron chi connectivity index (χ2n) is 5.96. The van der Waals surface area contributed by atoms with E-state index >= 15 is 0 Å². The van der Waals surface area contributed by atoms with Crippen LogP contribution in [0.25, 0.3) is 5.69 Å². The van der Waals surface area contributed by atoms with Gasteiger partial charge in [-0.1, -0.05) is 4.49 Å². The summed E-state index contributed by atoms with van der Waals surface area (Å²) in [5.41, 5.74) is -2.46. The molecule has 0 unspecified atom stereocenters. The number of amides is 1. The highest BCUT2D eigenvalue weighted by molar-refractivity contribution is 7.08. The van der Waals surface area contributed by atoms with Crippen molar-refractivity contribution in [3.63, 3.8) is 0 Å². The van der Waals surface area contributed by atoms with Crippen LogP contribution in [0.4, 0.5) is 32.0 Å². The molecular formula is C16H11F6N5OS. The normalized spacial score (nSPS) is 12.3. The first kappa shape index (κ1) is 20.8. The predicted octanol–water partition coefficient (Wildman–Crippen LogP) is 4.63. The lowest BCUT2D eigenvalue weighted by Gasteiger charge is -2.13. The van der Waals surface area contributed by atoms with Crippen molar-refractivity contribution in [2.45, 2.75) is 26.2 Å². The van der Waals surface area contributed by atoms with E-state index in [9.17, 15) is 31.1 Å². The number of carbonyl (C=O) groups excluding carboxylic acids is 1. The molecule has 0 atom stereocenters. The lowest BCUT2D eigenvalue weighted by Crippen LogP contribution is -2.15. The molecule has 2 aromatic heterocycles. The summed E-state index contributed by atoms with van der Waals surface area (Å²) in [4.78, 5) is 12.5. The summed E-state index contributed by atoms with van der Waals surface area (Å²) in [5, 5.41) is 9.35. The van der Waals surface area contributed by atoms with E-state index in [1.807, 2.05) is 0 Å². The monoisotopic (exact) mass is 435 g/mol. The van der Waals surface area contributed by atoms with Crippen molar-refractivity contribution in [3.05, 3.63) is 51.8 Å². The Bertz CT molecular complexity index is 1070. The van der Waals surface area contributed by atoms with Crippen molar-refractivity contribution in [1.29, 1.82) is 0 Å². The van der Waals surface area contributed by atoms with Crippen molar-refractivity contribution in [2.24, 2.45) is 0 Å². The van der Waals surface area contributed by atoms with Crippen LogP contribution in [0, 0.1) is 13.8 Å². The zero-order chi connectivity index (χ0) is 21.6. The van der Waals surface area contributed by atoms with Gasteiger partial charge in [0.25, 0.3) is 5.91 Å². The standard InChI is InChI=1S/C16H11F6N5OS/c1-7-5-9(3-4-10(7)23-14(28)13-8(2)24-26-29-13)27-12(16(20,21)22)6-11(25-27)15(17,18)19/h3-6H,1-2H3,(H,23,28). The number of hydrogen-bond acceptors (Lipinski definition) is 5. The fourth-order valence-electron chi connectivity index (χ4n) is 2.46. The summed E-state index contributed by atoms with van der Waals surface area (Å²) >= 11 is 0.874. The molecule has 0 aliphatic heterocycles. The third-order valence-electron chi connectivity index (χ3n) is 3.85. The first-order chi connectivity index (χ1) is 13.4. The summed E-state index contributed by atoms with van der Waals surface area (Å²) in [6, 6.07) is 3.55. The van der Waals surface area contributed by atoms with E-state index in [-0.39, 0.29) is 27.0 Å². The van der Waals surface area contributed by atoms with Crippen LogP contribution in [0.1, 0.15) is 32.3 Å². The topological polar surface area (TPSA) is 72.7 Å². The number of nitrogens with zero attached hydrogens (tertiary/aromatic N) is 4. The van der Waals surface area contributed by atoms with E-state index in [0.717, 1.165) is 17.6 Å². The van der Waals surface area contributed by atoms with Gasteiger partial charge in [-0.05, 0) is 49.1 Å². The van der Waals surface area contributed by atoms with Crippen LogP contribution in [0.5, 0.6) is 0 Å². The van der Waals surface area contributed by atoms with Crippen molar-refractivity contribution >= 4 is 23.1 Å². The van der Waals surface area contributed by atoms with Gasteiger partial charge in [0.2, 0.25) is 0 Å². The number of carbonyl (C=O) groups is 1. The van der Waals surface area contributed by atoms with Crippen LogP contribution >= 0.6 is 11.5 Å². The Kier molecular flexibility index (Phi) is 5.11. The van der Waals surface area contributed by atoms with Crippen LogP contribution in [0.15, 0.2) is 24.3 Å². The zero-order valence-corrected chi connectivity index (χ0v) is 15.5. The molecule has 2 heterocycles. The number of anilines is 1. The number of hydrogen-bond donors (Lipinski definition) is 1. The molecule has 154 valence electrons. The van der Waals surface area contributed by atoms with E-state index < -0.39 is 29.6 Å². The Labute approximate surface area is 163 Å². The summed E-state index contributed by atoms with van der Waals surface area (Å²) in [6.45, 7) is 3.07. The summed E-state index contributed by atoms with van der Waals surface area (Å²) in [6.07, 6.45) is -10.1. The van der Waals surface area contributed by atoms with Gasteiger partial charge < -0.3 is 5.32 Å². The van der Waals surface area contributed by atoms with Crippen molar-refractivity contribution in [3.8, 4) is 5.69 Å². The molecule has 0 bridgehead atoms. The summed E-state index contributed by atoms with van der Waals surface area (Å²) in [7, 11) is 0. The fourth-order valence-corrected chi connectivity index (χ4v) is 3.01. The minimum atomic E-state index is -5.05. The fraction of sp³-hybridized carbons (Fsp3) is 0.250. The largest absolute Gasteiger partial charge is 0.435 e. The van der Waals surface area contributed by atoms with E-state index in [0.29, 0.717) is 11.3 Å². The van der Waals surface area contributed by atoms with Gasteiger partial charge in [0.1, 0.15) is 10.6 Å². The average Bonchev–Trinajstić information content (AvgIpc) is 3.22. The minimum Gasteiger partial charge on any atom is -0.321 e. The Hall–Kier alpha value is -2.96. The van der Waals surface area contributed by atoms with Crippen molar-refractivity contribution in [2.75, 3.05) is 5.32 Å². The summed E-state index contributed by atoms with van der Waals surface area (Å²) in [5.74, 6) is -0.511. The van der Waals surface area contributed by atoms with Crippen LogP contribution < -0.4 is 5.32 Å². The molecule has 0 spiro atoms. The number of nitrogens with one attached hydrogen (secondary N) is 1. The Balaban J connectivity index is 1.97.